The lowest BCUT2D eigenvalue weighted by Gasteiger charge is -2.17. The average molecular weight is 536 g/mol. The van der Waals surface area contributed by atoms with E-state index in [9.17, 15) is 14.0 Å². The van der Waals surface area contributed by atoms with Crippen molar-refractivity contribution in [1.82, 2.24) is 4.98 Å². The zero-order valence-electron chi connectivity index (χ0n) is 21.7. The zero-order valence-corrected chi connectivity index (χ0v) is 22.5. The van der Waals surface area contributed by atoms with Crippen LogP contribution in [0, 0.1) is 24.0 Å². The predicted molar refractivity (Wildman–Crippen MR) is 145 cm³/mol. The van der Waals surface area contributed by atoms with Gasteiger partial charge in [-0.1, -0.05) is 50.6 Å². The van der Waals surface area contributed by atoms with Gasteiger partial charge in [0.25, 0.3) is 0 Å². The molecule has 196 valence electrons. The van der Waals surface area contributed by atoms with E-state index in [4.69, 9.17) is 16.3 Å². The second kappa shape index (κ2) is 11.0. The summed E-state index contributed by atoms with van der Waals surface area (Å²) >= 11 is 6.27. The monoisotopic (exact) mass is 535 g/mol. The molecule has 0 atom stereocenters. The number of aryl methyl sites for hydroxylation is 2. The topological polar surface area (TPSA) is 56.3 Å². The first-order valence-corrected chi connectivity index (χ1v) is 12.7. The van der Waals surface area contributed by atoms with Gasteiger partial charge in [0.05, 0.1) is 16.1 Å². The average Bonchev–Trinajstić information content (AvgIpc) is 2.85. The summed E-state index contributed by atoms with van der Waals surface area (Å²) in [4.78, 5) is 30.1. The normalized spacial score (nSPS) is 11.6. The number of benzene rings is 3. The van der Waals surface area contributed by atoms with Gasteiger partial charge in [0, 0.05) is 29.8 Å². The van der Waals surface area contributed by atoms with Gasteiger partial charge in [0.2, 0.25) is 0 Å². The van der Waals surface area contributed by atoms with Gasteiger partial charge in [-0.2, -0.15) is 0 Å². The van der Waals surface area contributed by atoms with Crippen LogP contribution in [0.1, 0.15) is 54.2 Å². The second-order valence-corrected chi connectivity index (χ2v) is 10.7. The van der Waals surface area contributed by atoms with Crippen LogP contribution < -0.4 is 4.74 Å². The van der Waals surface area contributed by atoms with E-state index in [1.165, 1.54) is 24.3 Å². The number of carbonyl (C=O) groups excluding carboxylic acids is 2. The molecule has 0 aliphatic rings. The van der Waals surface area contributed by atoms with Crippen LogP contribution in [0.25, 0.3) is 10.9 Å². The Labute approximate surface area is 225 Å². The van der Waals surface area contributed by atoms with E-state index < -0.39 is 17.0 Å². The Morgan fingerprint density at radius 2 is 1.76 bits per heavy atom. The van der Waals surface area contributed by atoms with Crippen LogP contribution >= 0.6 is 11.6 Å². The number of fused-ring (bicyclic) bond motifs is 1. The summed E-state index contributed by atoms with van der Waals surface area (Å²) in [5, 5.41) is 0.670. The van der Waals surface area contributed by atoms with Crippen molar-refractivity contribution in [3.8, 4) is 11.5 Å². The third-order valence-corrected chi connectivity index (χ3v) is 6.75. The van der Waals surface area contributed by atoms with Gasteiger partial charge in [-0.15, -0.1) is 0 Å². The minimum Gasteiger partial charge on any atom is -0.457 e. The molecular weight excluding hydrogens is 508 g/mol. The van der Waals surface area contributed by atoms with E-state index in [0.717, 1.165) is 0 Å². The molecule has 0 radical (unpaired) electrons. The number of halogens is 3. The van der Waals surface area contributed by atoms with E-state index in [0.29, 0.717) is 33.5 Å². The molecule has 0 N–H and O–H groups in total. The Balaban J connectivity index is 1.62. The summed E-state index contributed by atoms with van der Waals surface area (Å²) in [6, 6.07) is 14.5. The maximum absolute atomic E-state index is 15.4. The SMILES string of the molecule is Cc1cc(Oc2ccnc3c(CC(=O)c4c(Cl)ccc(CCC(=O)C(C)(C)C)c4F)cccc23)ccc1F. The highest BCUT2D eigenvalue weighted by atomic mass is 35.5. The maximum Gasteiger partial charge on any atom is 0.171 e. The minimum absolute atomic E-state index is 0.00961. The summed E-state index contributed by atoms with van der Waals surface area (Å²) in [6.45, 7) is 7.10. The van der Waals surface area contributed by atoms with Gasteiger partial charge in [0.15, 0.2) is 5.78 Å². The molecule has 0 saturated heterocycles. The number of rotatable bonds is 8. The third-order valence-electron chi connectivity index (χ3n) is 6.43. The molecule has 0 saturated carbocycles. The molecule has 4 aromatic rings. The van der Waals surface area contributed by atoms with Crippen LogP contribution in [0.15, 0.2) is 60.8 Å². The maximum atomic E-state index is 15.4. The van der Waals surface area contributed by atoms with Gasteiger partial charge >= 0.3 is 0 Å². The molecule has 38 heavy (non-hydrogen) atoms. The van der Waals surface area contributed by atoms with Crippen molar-refractivity contribution in [3.05, 3.63) is 99.7 Å². The summed E-state index contributed by atoms with van der Waals surface area (Å²) in [7, 11) is 0. The Morgan fingerprint density at radius 1 is 1.00 bits per heavy atom. The Morgan fingerprint density at radius 3 is 2.47 bits per heavy atom. The number of hydrogen-bond acceptors (Lipinski definition) is 4. The van der Waals surface area contributed by atoms with Gasteiger partial charge in [-0.05, 0) is 66.4 Å². The fourth-order valence-electron chi connectivity index (χ4n) is 4.18. The molecule has 0 aliphatic heterocycles. The first-order valence-electron chi connectivity index (χ1n) is 12.3. The van der Waals surface area contributed by atoms with Gasteiger partial charge < -0.3 is 4.74 Å². The van der Waals surface area contributed by atoms with E-state index in [-0.39, 0.29) is 47.0 Å². The van der Waals surface area contributed by atoms with E-state index >= 15 is 4.39 Å². The smallest absolute Gasteiger partial charge is 0.171 e. The second-order valence-electron chi connectivity index (χ2n) is 10.3. The number of aromatic nitrogens is 1. The third kappa shape index (κ3) is 5.91. The summed E-state index contributed by atoms with van der Waals surface area (Å²) < 4.78 is 35.1. The molecule has 0 aliphatic carbocycles. The van der Waals surface area contributed by atoms with Crippen molar-refractivity contribution < 1.29 is 23.1 Å². The lowest BCUT2D eigenvalue weighted by Crippen LogP contribution is -2.20. The van der Waals surface area contributed by atoms with E-state index in [1.807, 2.05) is 26.8 Å². The van der Waals surface area contributed by atoms with Crippen molar-refractivity contribution >= 4 is 34.1 Å². The van der Waals surface area contributed by atoms with Crippen LogP contribution in [0.2, 0.25) is 5.02 Å². The Hall–Kier alpha value is -3.64. The number of pyridine rings is 1. The number of hydrogen-bond donors (Lipinski definition) is 0. The quantitative estimate of drug-likeness (QED) is 0.213. The molecule has 3 aromatic carbocycles. The number of ether oxygens (including phenoxy) is 1. The van der Waals surface area contributed by atoms with Gasteiger partial charge in [-0.25, -0.2) is 8.78 Å². The summed E-state index contributed by atoms with van der Waals surface area (Å²) in [6.07, 6.45) is 1.77. The summed E-state index contributed by atoms with van der Waals surface area (Å²) in [5.74, 6) is -0.554. The van der Waals surface area contributed by atoms with Crippen LogP contribution in [-0.4, -0.2) is 16.6 Å². The number of carbonyl (C=O) groups is 2. The van der Waals surface area contributed by atoms with Crippen molar-refractivity contribution in [2.45, 2.75) is 47.0 Å². The molecular formula is C31H28ClF2NO3. The molecule has 0 bridgehead atoms. The summed E-state index contributed by atoms with van der Waals surface area (Å²) in [5.41, 5.74) is 1.12. The molecule has 0 amide bonds. The van der Waals surface area contributed by atoms with Crippen LogP contribution in [0.3, 0.4) is 0 Å². The fourth-order valence-corrected chi connectivity index (χ4v) is 4.43. The molecule has 4 nitrogen and oxygen atoms in total. The molecule has 0 fully saturated rings. The number of nitrogens with zero attached hydrogens (tertiary/aromatic N) is 1. The largest absolute Gasteiger partial charge is 0.457 e. The minimum atomic E-state index is -0.701. The highest BCUT2D eigenvalue weighted by Crippen LogP contribution is 2.32. The Kier molecular flexibility index (Phi) is 7.93. The highest BCUT2D eigenvalue weighted by Gasteiger charge is 2.24. The molecule has 1 heterocycles. The van der Waals surface area contributed by atoms with E-state index in [2.05, 4.69) is 4.98 Å². The number of Topliss-reactive ketones (excluding diaryl/α,β-unsaturated/α-hetero) is 2. The van der Waals surface area contributed by atoms with Crippen LogP contribution in [0.5, 0.6) is 11.5 Å². The molecule has 7 heteroatoms. The van der Waals surface area contributed by atoms with Crippen molar-refractivity contribution in [2.24, 2.45) is 5.41 Å². The van der Waals surface area contributed by atoms with Gasteiger partial charge in [-0.3, -0.25) is 14.6 Å². The zero-order chi connectivity index (χ0) is 27.6. The Bertz CT molecular complexity index is 1540. The lowest BCUT2D eigenvalue weighted by atomic mass is 9.87. The predicted octanol–water partition coefficient (Wildman–Crippen LogP) is 8.24. The molecule has 4 rings (SSSR count). The fraction of sp³-hybridized carbons (Fsp3) is 0.258. The van der Waals surface area contributed by atoms with Gasteiger partial charge in [0.1, 0.15) is 28.9 Å². The van der Waals surface area contributed by atoms with Crippen LogP contribution in [0.4, 0.5) is 8.78 Å². The van der Waals surface area contributed by atoms with Crippen molar-refractivity contribution in [1.29, 1.82) is 0 Å². The van der Waals surface area contributed by atoms with Crippen LogP contribution in [-0.2, 0) is 17.6 Å². The molecule has 0 unspecified atom stereocenters. The highest BCUT2D eigenvalue weighted by molar-refractivity contribution is 6.34. The molecule has 1 aromatic heterocycles. The lowest BCUT2D eigenvalue weighted by molar-refractivity contribution is -0.126. The van der Waals surface area contributed by atoms with Crippen molar-refractivity contribution in [3.63, 3.8) is 0 Å². The first kappa shape index (κ1) is 27.4. The molecule has 0 spiro atoms. The van der Waals surface area contributed by atoms with Crippen molar-refractivity contribution in [2.75, 3.05) is 0 Å². The number of ketones is 2. The standard InChI is InChI=1S/C31H28ClF2NO3/c1-18-16-21(10-12-24(18)33)38-26-14-15-35-30-20(6-5-7-22(26)30)17-25(36)28-23(32)11-8-19(29(28)34)9-13-27(37)31(2,3)4/h5-8,10-12,14-16H,9,13,17H2,1-4H3. The van der Waals surface area contributed by atoms with E-state index in [1.54, 1.807) is 37.4 Å². The number of para-hydroxylation sites is 1. The first-order chi connectivity index (χ1) is 18.0.